The predicted molar refractivity (Wildman–Crippen MR) is 63.8 cm³/mol. The SMILES string of the molecule is CC(C)C1(C)CNc2ccc(OC(F)F)cc21. The molecule has 0 aromatic heterocycles. The Morgan fingerprint density at radius 1 is 1.35 bits per heavy atom. The van der Waals surface area contributed by atoms with Crippen molar-refractivity contribution in [2.75, 3.05) is 11.9 Å². The summed E-state index contributed by atoms with van der Waals surface area (Å²) in [6, 6.07) is 5.10. The highest BCUT2D eigenvalue weighted by Crippen LogP contribution is 2.43. The maximum absolute atomic E-state index is 12.2. The molecule has 0 spiro atoms. The molecule has 1 heterocycles. The van der Waals surface area contributed by atoms with Crippen LogP contribution in [-0.4, -0.2) is 13.2 Å². The van der Waals surface area contributed by atoms with Crippen molar-refractivity contribution >= 4 is 5.69 Å². The summed E-state index contributed by atoms with van der Waals surface area (Å²) in [4.78, 5) is 0. The molecule has 0 aliphatic carbocycles. The molecule has 0 fully saturated rings. The van der Waals surface area contributed by atoms with E-state index in [4.69, 9.17) is 0 Å². The van der Waals surface area contributed by atoms with Gasteiger partial charge in [-0.25, -0.2) is 0 Å². The standard InChI is InChI=1S/C13H17F2NO/c1-8(2)13(3)7-16-11-5-4-9(6-10(11)13)17-12(14)15/h4-6,8,12,16H,7H2,1-3H3. The number of nitrogens with one attached hydrogen (secondary N) is 1. The molecule has 1 unspecified atom stereocenters. The number of rotatable bonds is 3. The summed E-state index contributed by atoms with van der Waals surface area (Å²) in [6.07, 6.45) is 0. The van der Waals surface area contributed by atoms with Gasteiger partial charge in [-0.1, -0.05) is 20.8 Å². The summed E-state index contributed by atoms with van der Waals surface area (Å²) < 4.78 is 28.8. The van der Waals surface area contributed by atoms with Gasteiger partial charge >= 0.3 is 6.61 Å². The van der Waals surface area contributed by atoms with Gasteiger partial charge in [0.2, 0.25) is 0 Å². The van der Waals surface area contributed by atoms with Crippen LogP contribution in [0.3, 0.4) is 0 Å². The third-order valence-corrected chi connectivity index (χ3v) is 3.75. The minimum Gasteiger partial charge on any atom is -0.435 e. The van der Waals surface area contributed by atoms with E-state index in [-0.39, 0.29) is 11.2 Å². The number of hydrogen-bond donors (Lipinski definition) is 1. The smallest absolute Gasteiger partial charge is 0.387 e. The average Bonchev–Trinajstić information content (AvgIpc) is 2.57. The molecule has 0 bridgehead atoms. The predicted octanol–water partition coefficient (Wildman–Crippen LogP) is 3.63. The first kappa shape index (κ1) is 12.1. The van der Waals surface area contributed by atoms with E-state index in [0.29, 0.717) is 5.92 Å². The molecular weight excluding hydrogens is 224 g/mol. The zero-order chi connectivity index (χ0) is 12.6. The van der Waals surface area contributed by atoms with Gasteiger partial charge in [-0.3, -0.25) is 0 Å². The summed E-state index contributed by atoms with van der Waals surface area (Å²) in [5.74, 6) is 0.660. The Balaban J connectivity index is 2.37. The van der Waals surface area contributed by atoms with Gasteiger partial charge < -0.3 is 10.1 Å². The van der Waals surface area contributed by atoms with Crippen molar-refractivity contribution in [3.63, 3.8) is 0 Å². The maximum atomic E-state index is 12.2. The Kier molecular flexibility index (Phi) is 2.98. The topological polar surface area (TPSA) is 21.3 Å². The van der Waals surface area contributed by atoms with Gasteiger partial charge in [-0.15, -0.1) is 0 Å². The molecule has 0 saturated heterocycles. The van der Waals surface area contributed by atoms with Crippen molar-refractivity contribution in [3.8, 4) is 5.75 Å². The highest BCUT2D eigenvalue weighted by molar-refractivity contribution is 5.62. The lowest BCUT2D eigenvalue weighted by Gasteiger charge is -2.29. The van der Waals surface area contributed by atoms with Crippen molar-refractivity contribution in [2.45, 2.75) is 32.8 Å². The first-order valence-corrected chi connectivity index (χ1v) is 5.76. The van der Waals surface area contributed by atoms with E-state index < -0.39 is 6.61 Å². The fourth-order valence-electron chi connectivity index (χ4n) is 2.22. The summed E-state index contributed by atoms with van der Waals surface area (Å²) in [6.45, 7) is 4.48. The number of halogens is 2. The summed E-state index contributed by atoms with van der Waals surface area (Å²) in [5, 5.41) is 3.31. The van der Waals surface area contributed by atoms with Crippen LogP contribution >= 0.6 is 0 Å². The quantitative estimate of drug-likeness (QED) is 0.872. The van der Waals surface area contributed by atoms with Crippen LogP contribution in [0.2, 0.25) is 0 Å². The molecule has 1 N–H and O–H groups in total. The monoisotopic (exact) mass is 241 g/mol. The van der Waals surface area contributed by atoms with E-state index in [0.717, 1.165) is 17.8 Å². The normalized spacial score (nSPS) is 22.8. The Bertz CT molecular complexity index is 420. The molecule has 2 nitrogen and oxygen atoms in total. The van der Waals surface area contributed by atoms with Crippen LogP contribution in [0.1, 0.15) is 26.3 Å². The third kappa shape index (κ3) is 2.08. The van der Waals surface area contributed by atoms with Crippen molar-refractivity contribution in [1.29, 1.82) is 0 Å². The number of fused-ring (bicyclic) bond motifs is 1. The van der Waals surface area contributed by atoms with E-state index >= 15 is 0 Å². The van der Waals surface area contributed by atoms with Crippen molar-refractivity contribution in [2.24, 2.45) is 5.92 Å². The lowest BCUT2D eigenvalue weighted by Crippen LogP contribution is -2.30. The van der Waals surface area contributed by atoms with Crippen LogP contribution < -0.4 is 10.1 Å². The fraction of sp³-hybridized carbons (Fsp3) is 0.538. The average molecular weight is 241 g/mol. The molecule has 94 valence electrons. The van der Waals surface area contributed by atoms with Gasteiger partial charge in [0.25, 0.3) is 0 Å². The second-order valence-corrected chi connectivity index (χ2v) is 5.01. The number of alkyl halides is 2. The lowest BCUT2D eigenvalue weighted by molar-refractivity contribution is -0.0499. The molecule has 1 aromatic rings. The summed E-state index contributed by atoms with van der Waals surface area (Å²) >= 11 is 0. The van der Waals surface area contributed by atoms with Crippen LogP contribution in [-0.2, 0) is 5.41 Å². The van der Waals surface area contributed by atoms with Crippen LogP contribution in [0.5, 0.6) is 5.75 Å². The molecule has 17 heavy (non-hydrogen) atoms. The van der Waals surface area contributed by atoms with Crippen LogP contribution in [0.4, 0.5) is 14.5 Å². The number of hydrogen-bond acceptors (Lipinski definition) is 2. The third-order valence-electron chi connectivity index (χ3n) is 3.75. The molecule has 1 aliphatic heterocycles. The highest BCUT2D eigenvalue weighted by Gasteiger charge is 2.37. The Morgan fingerprint density at radius 2 is 2.06 bits per heavy atom. The second-order valence-electron chi connectivity index (χ2n) is 5.01. The molecule has 1 aromatic carbocycles. The molecule has 0 saturated carbocycles. The molecule has 2 rings (SSSR count). The summed E-state index contributed by atoms with van der Waals surface area (Å²) in [5.41, 5.74) is 2.05. The number of anilines is 1. The van der Waals surface area contributed by atoms with Gasteiger partial charge in [0.15, 0.2) is 0 Å². The van der Waals surface area contributed by atoms with Crippen LogP contribution in [0.15, 0.2) is 18.2 Å². The van der Waals surface area contributed by atoms with E-state index in [1.54, 1.807) is 18.2 Å². The van der Waals surface area contributed by atoms with Crippen molar-refractivity contribution in [1.82, 2.24) is 0 Å². The molecule has 4 heteroatoms. The van der Waals surface area contributed by atoms with Crippen molar-refractivity contribution in [3.05, 3.63) is 23.8 Å². The van der Waals surface area contributed by atoms with Gasteiger partial charge in [-0.2, -0.15) is 8.78 Å². The highest BCUT2D eigenvalue weighted by atomic mass is 19.3. The zero-order valence-electron chi connectivity index (χ0n) is 10.3. The molecule has 0 amide bonds. The van der Waals surface area contributed by atoms with Crippen LogP contribution in [0.25, 0.3) is 0 Å². The van der Waals surface area contributed by atoms with E-state index in [1.807, 2.05) is 0 Å². The minimum absolute atomic E-state index is 0.0309. The van der Waals surface area contributed by atoms with E-state index in [1.165, 1.54) is 0 Å². The maximum Gasteiger partial charge on any atom is 0.387 e. The number of ether oxygens (including phenoxy) is 1. The summed E-state index contributed by atoms with van der Waals surface area (Å²) in [7, 11) is 0. The van der Waals surface area contributed by atoms with Gasteiger partial charge in [0.1, 0.15) is 5.75 Å². The second kappa shape index (κ2) is 4.17. The van der Waals surface area contributed by atoms with E-state index in [9.17, 15) is 8.78 Å². The van der Waals surface area contributed by atoms with Gasteiger partial charge in [-0.05, 0) is 29.7 Å². The zero-order valence-corrected chi connectivity index (χ0v) is 10.3. The Morgan fingerprint density at radius 3 is 2.65 bits per heavy atom. The Hall–Kier alpha value is -1.32. The van der Waals surface area contributed by atoms with Crippen molar-refractivity contribution < 1.29 is 13.5 Å². The van der Waals surface area contributed by atoms with Crippen LogP contribution in [0, 0.1) is 5.92 Å². The largest absolute Gasteiger partial charge is 0.435 e. The van der Waals surface area contributed by atoms with Gasteiger partial charge in [0, 0.05) is 17.6 Å². The molecule has 1 aliphatic rings. The Labute approximate surface area is 100.0 Å². The van der Waals surface area contributed by atoms with E-state index in [2.05, 4.69) is 30.8 Å². The fourth-order valence-corrected chi connectivity index (χ4v) is 2.22. The molecule has 1 atom stereocenters. The lowest BCUT2D eigenvalue weighted by atomic mass is 9.75. The first-order chi connectivity index (χ1) is 7.93. The first-order valence-electron chi connectivity index (χ1n) is 5.76. The molecular formula is C13H17F2NO. The number of benzene rings is 1. The molecule has 0 radical (unpaired) electrons. The van der Waals surface area contributed by atoms with Gasteiger partial charge in [0.05, 0.1) is 0 Å². The minimum atomic E-state index is -2.77.